The van der Waals surface area contributed by atoms with Crippen molar-refractivity contribution in [2.45, 2.75) is 88.6 Å². The SMILES string of the molecule is COc1cccc(N2C(=O)NC(=NC3CCCCC3)C23CCN(CC2CCCCC2)CC3)c1. The number of methoxy groups -OCH3 is 1. The second-order valence-electron chi connectivity index (χ2n) is 10.6. The molecule has 6 nitrogen and oxygen atoms in total. The molecule has 2 saturated heterocycles. The molecular weight excluding hydrogens is 412 g/mol. The van der Waals surface area contributed by atoms with E-state index < -0.39 is 0 Å². The molecule has 2 aliphatic carbocycles. The van der Waals surface area contributed by atoms with Crippen molar-refractivity contribution in [1.82, 2.24) is 10.2 Å². The molecule has 0 atom stereocenters. The van der Waals surface area contributed by atoms with Crippen LogP contribution in [-0.4, -0.2) is 55.1 Å². The Morgan fingerprint density at radius 3 is 2.42 bits per heavy atom. The number of anilines is 1. The molecule has 5 rings (SSSR count). The summed E-state index contributed by atoms with van der Waals surface area (Å²) in [7, 11) is 1.68. The molecule has 2 amide bonds. The van der Waals surface area contributed by atoms with Gasteiger partial charge in [-0.2, -0.15) is 0 Å². The molecule has 33 heavy (non-hydrogen) atoms. The van der Waals surface area contributed by atoms with Crippen molar-refractivity contribution < 1.29 is 9.53 Å². The van der Waals surface area contributed by atoms with E-state index in [-0.39, 0.29) is 11.6 Å². The molecule has 2 aliphatic heterocycles. The number of urea groups is 1. The van der Waals surface area contributed by atoms with Crippen molar-refractivity contribution in [3.8, 4) is 5.75 Å². The quantitative estimate of drug-likeness (QED) is 0.653. The normalized spacial score (nSPS) is 26.2. The maximum atomic E-state index is 13.4. The number of carbonyl (C=O) groups is 1. The number of benzene rings is 1. The van der Waals surface area contributed by atoms with Crippen LogP contribution in [0.5, 0.6) is 5.75 Å². The predicted octanol–water partition coefficient (Wildman–Crippen LogP) is 5.37. The topological polar surface area (TPSA) is 57.2 Å². The predicted molar refractivity (Wildman–Crippen MR) is 133 cm³/mol. The number of nitrogens with zero attached hydrogens (tertiary/aromatic N) is 3. The Labute approximate surface area is 198 Å². The number of hydrogen-bond donors (Lipinski definition) is 1. The first-order chi connectivity index (χ1) is 16.2. The van der Waals surface area contributed by atoms with Gasteiger partial charge in [-0.3, -0.25) is 15.2 Å². The first kappa shape index (κ1) is 22.7. The third kappa shape index (κ3) is 4.77. The number of amidine groups is 1. The van der Waals surface area contributed by atoms with Crippen molar-refractivity contribution in [2.75, 3.05) is 31.6 Å². The summed E-state index contributed by atoms with van der Waals surface area (Å²) in [6, 6.07) is 8.23. The van der Waals surface area contributed by atoms with Crippen molar-refractivity contribution in [2.24, 2.45) is 10.9 Å². The van der Waals surface area contributed by atoms with Gasteiger partial charge in [-0.1, -0.05) is 44.6 Å². The van der Waals surface area contributed by atoms with Crippen LogP contribution in [-0.2, 0) is 0 Å². The summed E-state index contributed by atoms with van der Waals surface area (Å²) in [4.78, 5) is 23.2. The highest BCUT2D eigenvalue weighted by Gasteiger charge is 2.53. The molecule has 0 radical (unpaired) electrons. The van der Waals surface area contributed by atoms with Gasteiger partial charge in [0.2, 0.25) is 0 Å². The lowest BCUT2D eigenvalue weighted by atomic mass is 9.83. The van der Waals surface area contributed by atoms with Crippen LogP contribution in [0.4, 0.5) is 10.5 Å². The summed E-state index contributed by atoms with van der Waals surface area (Å²) in [6.07, 6.45) is 14.9. The third-order valence-corrected chi connectivity index (χ3v) is 8.42. The van der Waals surface area contributed by atoms with Gasteiger partial charge < -0.3 is 9.64 Å². The summed E-state index contributed by atoms with van der Waals surface area (Å²) in [5.74, 6) is 2.54. The van der Waals surface area contributed by atoms with Crippen molar-refractivity contribution in [3.05, 3.63) is 24.3 Å². The minimum absolute atomic E-state index is 0.0430. The molecule has 2 heterocycles. The van der Waals surface area contributed by atoms with E-state index in [9.17, 15) is 4.79 Å². The Hall–Kier alpha value is -2.08. The highest BCUT2D eigenvalue weighted by molar-refractivity contribution is 6.19. The van der Waals surface area contributed by atoms with E-state index >= 15 is 0 Å². The van der Waals surface area contributed by atoms with Crippen LogP contribution in [0.25, 0.3) is 0 Å². The maximum absolute atomic E-state index is 13.4. The highest BCUT2D eigenvalue weighted by atomic mass is 16.5. The zero-order valence-corrected chi connectivity index (χ0v) is 20.2. The maximum Gasteiger partial charge on any atom is 0.328 e. The van der Waals surface area contributed by atoms with Crippen molar-refractivity contribution in [3.63, 3.8) is 0 Å². The number of amides is 2. The Morgan fingerprint density at radius 1 is 1.03 bits per heavy atom. The molecule has 1 spiro atoms. The Balaban J connectivity index is 1.41. The van der Waals surface area contributed by atoms with Gasteiger partial charge in [0.1, 0.15) is 17.1 Å². The Kier molecular flexibility index (Phi) is 6.91. The second-order valence-corrected chi connectivity index (χ2v) is 10.6. The standard InChI is InChI=1S/C27H40N4O2/c1-33-24-14-8-13-23(19-24)31-26(32)29-25(28-22-11-6-3-7-12-22)27(31)15-17-30(18-16-27)20-21-9-4-2-5-10-21/h8,13-14,19,21-22H,2-7,9-12,15-18,20H2,1H3,(H,28,29,32). The molecule has 0 unspecified atom stereocenters. The summed E-state index contributed by atoms with van der Waals surface area (Å²) in [5.41, 5.74) is 0.533. The van der Waals surface area contributed by atoms with Crippen molar-refractivity contribution in [1.29, 1.82) is 0 Å². The summed E-state index contributed by atoms with van der Waals surface area (Å²) >= 11 is 0. The van der Waals surface area contributed by atoms with Crippen LogP contribution in [0.15, 0.2) is 29.3 Å². The highest BCUT2D eigenvalue weighted by Crippen LogP contribution is 2.40. The number of carbonyl (C=O) groups excluding carboxylic acids is 1. The third-order valence-electron chi connectivity index (χ3n) is 8.42. The van der Waals surface area contributed by atoms with Gasteiger partial charge in [0.25, 0.3) is 0 Å². The van der Waals surface area contributed by atoms with E-state index in [1.165, 1.54) is 57.9 Å². The monoisotopic (exact) mass is 452 g/mol. The zero-order chi connectivity index (χ0) is 22.7. The molecule has 180 valence electrons. The van der Waals surface area contributed by atoms with Gasteiger partial charge in [-0.15, -0.1) is 0 Å². The molecule has 1 aromatic carbocycles. The Morgan fingerprint density at radius 2 is 1.73 bits per heavy atom. The van der Waals surface area contributed by atoms with Crippen LogP contribution in [0.1, 0.15) is 77.0 Å². The lowest BCUT2D eigenvalue weighted by Gasteiger charge is -2.44. The summed E-state index contributed by atoms with van der Waals surface area (Å²) in [6.45, 7) is 3.26. The fraction of sp³-hybridized carbons (Fsp3) is 0.704. The first-order valence-corrected chi connectivity index (χ1v) is 13.2. The number of hydrogen-bond acceptors (Lipinski definition) is 4. The van der Waals surface area contributed by atoms with E-state index in [2.05, 4.69) is 10.2 Å². The van der Waals surface area contributed by atoms with Crippen LogP contribution < -0.4 is 15.0 Å². The molecule has 0 aromatic heterocycles. The van der Waals surface area contributed by atoms with Crippen LogP contribution in [0.2, 0.25) is 0 Å². The molecule has 4 aliphatic rings. The minimum atomic E-state index is -0.371. The average molecular weight is 453 g/mol. The lowest BCUT2D eigenvalue weighted by Crippen LogP contribution is -2.57. The van der Waals surface area contributed by atoms with Crippen LogP contribution in [0, 0.1) is 5.92 Å². The molecule has 4 fully saturated rings. The molecule has 1 N–H and O–H groups in total. The van der Waals surface area contributed by atoms with Gasteiger partial charge in [-0.25, -0.2) is 4.79 Å². The van der Waals surface area contributed by atoms with Gasteiger partial charge >= 0.3 is 6.03 Å². The molecule has 2 saturated carbocycles. The van der Waals surface area contributed by atoms with E-state index in [1.807, 2.05) is 29.2 Å². The number of nitrogens with one attached hydrogen (secondary N) is 1. The van der Waals surface area contributed by atoms with E-state index in [4.69, 9.17) is 9.73 Å². The van der Waals surface area contributed by atoms with E-state index in [0.29, 0.717) is 6.04 Å². The van der Waals surface area contributed by atoms with E-state index in [0.717, 1.165) is 62.0 Å². The second kappa shape index (κ2) is 10.0. The van der Waals surface area contributed by atoms with E-state index in [1.54, 1.807) is 7.11 Å². The van der Waals surface area contributed by atoms with Crippen LogP contribution in [0.3, 0.4) is 0 Å². The molecule has 1 aromatic rings. The smallest absolute Gasteiger partial charge is 0.328 e. The average Bonchev–Trinajstić information content (AvgIpc) is 3.12. The number of piperidine rings is 1. The number of aliphatic imine (C=N–C) groups is 1. The van der Waals surface area contributed by atoms with Gasteiger partial charge in [0.05, 0.1) is 18.8 Å². The van der Waals surface area contributed by atoms with Gasteiger partial charge in [0, 0.05) is 25.7 Å². The Bertz CT molecular complexity index is 849. The minimum Gasteiger partial charge on any atom is -0.497 e. The number of rotatable bonds is 5. The summed E-state index contributed by atoms with van der Waals surface area (Å²) < 4.78 is 5.48. The largest absolute Gasteiger partial charge is 0.497 e. The van der Waals surface area contributed by atoms with Crippen molar-refractivity contribution >= 4 is 17.6 Å². The zero-order valence-electron chi connectivity index (χ0n) is 20.2. The number of ether oxygens (including phenoxy) is 1. The van der Waals surface area contributed by atoms with Crippen LogP contribution >= 0.6 is 0 Å². The molecule has 6 heteroatoms. The first-order valence-electron chi connectivity index (χ1n) is 13.2. The fourth-order valence-electron chi connectivity index (χ4n) is 6.53. The fourth-order valence-corrected chi connectivity index (χ4v) is 6.53. The molecular formula is C27H40N4O2. The molecule has 0 bridgehead atoms. The van der Waals surface area contributed by atoms with Gasteiger partial charge in [0.15, 0.2) is 0 Å². The summed E-state index contributed by atoms with van der Waals surface area (Å²) in [5, 5.41) is 3.22. The lowest BCUT2D eigenvalue weighted by molar-refractivity contribution is 0.151. The number of likely N-dealkylation sites (tertiary alicyclic amines) is 1. The van der Waals surface area contributed by atoms with Gasteiger partial charge in [-0.05, 0) is 56.6 Å².